The van der Waals surface area contributed by atoms with E-state index in [4.69, 9.17) is 27.8 Å². The number of aromatic nitrogens is 1. The van der Waals surface area contributed by atoms with Gasteiger partial charge in [-0.3, -0.25) is 9.35 Å². The zero-order valence-corrected chi connectivity index (χ0v) is 20.9. The summed E-state index contributed by atoms with van der Waals surface area (Å²) >= 11 is 14.5. The van der Waals surface area contributed by atoms with E-state index < -0.39 is 15.4 Å². The number of benzene rings is 2. The quantitative estimate of drug-likeness (QED) is 0.350. The number of halogens is 2. The van der Waals surface area contributed by atoms with Gasteiger partial charge in [-0.1, -0.05) is 41.0 Å². The normalized spacial score (nSPS) is 15.6. The molecular formula is C23H22Cl2N2O4S2. The molecule has 6 nitrogen and oxygen atoms in total. The van der Waals surface area contributed by atoms with Gasteiger partial charge in [0.2, 0.25) is 5.91 Å². The number of hydrogen-bond acceptors (Lipinski definition) is 4. The van der Waals surface area contributed by atoms with Crippen LogP contribution >= 0.6 is 35.0 Å². The number of hydrogen-bond donors (Lipinski definition) is 1. The molecule has 10 heteroatoms. The highest BCUT2D eigenvalue weighted by Gasteiger charge is 2.29. The van der Waals surface area contributed by atoms with Crippen molar-refractivity contribution >= 4 is 68.0 Å². The summed E-state index contributed by atoms with van der Waals surface area (Å²) in [5.41, 5.74) is 1.77. The summed E-state index contributed by atoms with van der Waals surface area (Å²) in [6.07, 6.45) is 5.46. The lowest BCUT2D eigenvalue weighted by atomic mass is 10.1. The van der Waals surface area contributed by atoms with E-state index in [1.807, 2.05) is 31.4 Å². The molecule has 0 saturated carbocycles. The van der Waals surface area contributed by atoms with Gasteiger partial charge in [0, 0.05) is 53.1 Å². The van der Waals surface area contributed by atoms with Crippen molar-refractivity contribution in [3.8, 4) is 0 Å². The summed E-state index contributed by atoms with van der Waals surface area (Å²) in [6.45, 7) is 0.535. The summed E-state index contributed by atoms with van der Waals surface area (Å²) < 4.78 is 33.7. The predicted octanol–water partition coefficient (Wildman–Crippen LogP) is 5.53. The predicted molar refractivity (Wildman–Crippen MR) is 134 cm³/mol. The average Bonchev–Trinajstić information content (AvgIpc) is 3.16. The van der Waals surface area contributed by atoms with Crippen molar-refractivity contribution < 1.29 is 17.8 Å². The minimum Gasteiger partial charge on any atom is -0.351 e. The van der Waals surface area contributed by atoms with Crippen LogP contribution in [-0.2, 0) is 22.0 Å². The van der Waals surface area contributed by atoms with Crippen molar-refractivity contribution in [3.05, 3.63) is 64.3 Å². The fraction of sp³-hybridized carbons (Fsp3) is 0.261. The molecule has 1 N–H and O–H groups in total. The number of carbonyl (C=O) groups excluding carboxylic acids is 1. The Balaban J connectivity index is 1.44. The average molecular weight is 525 g/mol. The zero-order chi connectivity index (χ0) is 23.8. The first-order chi connectivity index (χ1) is 15.6. The Morgan fingerprint density at radius 1 is 1.12 bits per heavy atom. The maximum Gasteiger partial charge on any atom is 0.267 e. The van der Waals surface area contributed by atoms with Crippen LogP contribution in [0.2, 0.25) is 10.0 Å². The van der Waals surface area contributed by atoms with Crippen molar-refractivity contribution in [3.63, 3.8) is 0 Å². The van der Waals surface area contributed by atoms with E-state index in [2.05, 4.69) is 22.8 Å². The van der Waals surface area contributed by atoms with Crippen LogP contribution in [0.5, 0.6) is 0 Å². The SMILES string of the molecule is Cn1ccc2cc(Sc3ccc(/C=C/C(=O)N4CCC(S(=O)(=O)O)CC4)c(Cl)c3Cl)ccc21. The monoisotopic (exact) mass is 524 g/mol. The molecule has 1 saturated heterocycles. The van der Waals surface area contributed by atoms with Crippen LogP contribution in [0.25, 0.3) is 17.0 Å². The Hall–Kier alpha value is -1.97. The number of rotatable bonds is 5. The van der Waals surface area contributed by atoms with E-state index in [1.165, 1.54) is 17.8 Å². The van der Waals surface area contributed by atoms with Crippen molar-refractivity contribution in [1.29, 1.82) is 0 Å². The highest BCUT2D eigenvalue weighted by atomic mass is 35.5. The molecule has 0 aliphatic carbocycles. The summed E-state index contributed by atoms with van der Waals surface area (Å²) in [4.78, 5) is 15.9. The maximum atomic E-state index is 12.5. The van der Waals surface area contributed by atoms with Crippen LogP contribution in [0.15, 0.2) is 58.5 Å². The third-order valence-corrected chi connectivity index (χ3v) is 9.11. The lowest BCUT2D eigenvalue weighted by molar-refractivity contribution is -0.126. The molecule has 1 aliphatic heterocycles. The summed E-state index contributed by atoms with van der Waals surface area (Å²) in [5, 5.41) is 1.10. The third-order valence-electron chi connectivity index (χ3n) is 5.74. The molecule has 1 aliphatic rings. The molecule has 1 fully saturated rings. The number of carbonyl (C=O) groups is 1. The standard InChI is InChI=1S/C23H22Cl2N2O4S2/c1-26-11-8-16-14-17(4-5-19(16)26)32-20-6-2-15(22(24)23(20)25)3-7-21(28)27-12-9-18(10-13-27)33(29,30)31/h2-8,11,14,18H,9-10,12-13H2,1H3,(H,29,30,31)/b7-3+. The highest BCUT2D eigenvalue weighted by Crippen LogP contribution is 2.40. The van der Waals surface area contributed by atoms with Gasteiger partial charge in [-0.25, -0.2) is 0 Å². The van der Waals surface area contributed by atoms with Crippen molar-refractivity contribution in [2.45, 2.75) is 27.9 Å². The van der Waals surface area contributed by atoms with Crippen molar-refractivity contribution in [1.82, 2.24) is 9.47 Å². The summed E-state index contributed by atoms with van der Waals surface area (Å²) in [5.74, 6) is -0.245. The Labute approximate surface area is 206 Å². The van der Waals surface area contributed by atoms with E-state index in [1.54, 1.807) is 11.0 Å². The molecule has 2 aromatic carbocycles. The molecular weight excluding hydrogens is 503 g/mol. The van der Waals surface area contributed by atoms with Crippen LogP contribution in [0.4, 0.5) is 0 Å². The second-order valence-corrected chi connectivity index (χ2v) is 11.5. The van der Waals surface area contributed by atoms with Crippen LogP contribution in [0, 0.1) is 0 Å². The van der Waals surface area contributed by atoms with Crippen LogP contribution in [0.3, 0.4) is 0 Å². The van der Waals surface area contributed by atoms with Crippen molar-refractivity contribution in [2.75, 3.05) is 13.1 Å². The van der Waals surface area contributed by atoms with E-state index in [0.29, 0.717) is 15.6 Å². The zero-order valence-electron chi connectivity index (χ0n) is 17.7. The second kappa shape index (κ2) is 9.72. The lowest BCUT2D eigenvalue weighted by Crippen LogP contribution is -2.41. The van der Waals surface area contributed by atoms with Gasteiger partial charge in [0.25, 0.3) is 10.1 Å². The largest absolute Gasteiger partial charge is 0.351 e. The van der Waals surface area contributed by atoms with Crippen LogP contribution in [-0.4, -0.2) is 46.7 Å². The number of nitrogens with zero attached hydrogens (tertiary/aromatic N) is 2. The van der Waals surface area contributed by atoms with Gasteiger partial charge in [-0.05, 0) is 54.8 Å². The molecule has 3 aromatic rings. The number of fused-ring (bicyclic) bond motifs is 1. The number of likely N-dealkylation sites (tertiary alicyclic amines) is 1. The van der Waals surface area contributed by atoms with Crippen molar-refractivity contribution in [2.24, 2.45) is 7.05 Å². The molecule has 1 amide bonds. The molecule has 4 rings (SSSR count). The Morgan fingerprint density at radius 2 is 1.85 bits per heavy atom. The van der Waals surface area contributed by atoms with Gasteiger partial charge in [0.15, 0.2) is 0 Å². The van der Waals surface area contributed by atoms with Crippen LogP contribution < -0.4 is 0 Å². The Kier molecular flexibility index (Phi) is 7.12. The number of amides is 1. The first-order valence-electron chi connectivity index (χ1n) is 10.3. The molecule has 2 heterocycles. The first-order valence-corrected chi connectivity index (χ1v) is 13.4. The van der Waals surface area contributed by atoms with Crippen LogP contribution in [0.1, 0.15) is 18.4 Å². The number of piperidine rings is 1. The molecule has 33 heavy (non-hydrogen) atoms. The van der Waals surface area contributed by atoms with E-state index >= 15 is 0 Å². The van der Waals surface area contributed by atoms with E-state index in [9.17, 15) is 13.2 Å². The summed E-state index contributed by atoms with van der Waals surface area (Å²) in [6, 6.07) is 11.9. The minimum absolute atomic E-state index is 0.214. The van der Waals surface area contributed by atoms with Gasteiger partial charge in [0.1, 0.15) is 0 Å². The third kappa shape index (κ3) is 5.41. The van der Waals surface area contributed by atoms with E-state index in [0.717, 1.165) is 20.7 Å². The second-order valence-electron chi connectivity index (χ2n) is 7.90. The fourth-order valence-electron chi connectivity index (χ4n) is 3.84. The molecule has 0 unspecified atom stereocenters. The Bertz CT molecular complexity index is 1340. The minimum atomic E-state index is -4.07. The fourth-order valence-corrected chi connectivity index (χ4v) is 6.13. The molecule has 0 spiro atoms. The summed E-state index contributed by atoms with van der Waals surface area (Å²) in [7, 11) is -2.06. The Morgan fingerprint density at radius 3 is 2.55 bits per heavy atom. The topological polar surface area (TPSA) is 79.6 Å². The first kappa shape index (κ1) is 24.2. The van der Waals surface area contributed by atoms with Gasteiger partial charge in [-0.15, -0.1) is 0 Å². The maximum absolute atomic E-state index is 12.5. The smallest absolute Gasteiger partial charge is 0.267 e. The molecule has 0 radical (unpaired) electrons. The molecule has 174 valence electrons. The van der Waals surface area contributed by atoms with Gasteiger partial charge in [0.05, 0.1) is 15.3 Å². The van der Waals surface area contributed by atoms with Gasteiger partial charge in [-0.2, -0.15) is 8.42 Å². The molecule has 1 aromatic heterocycles. The molecule has 0 atom stereocenters. The van der Waals surface area contributed by atoms with E-state index in [-0.39, 0.29) is 31.8 Å². The van der Waals surface area contributed by atoms with Gasteiger partial charge >= 0.3 is 0 Å². The highest BCUT2D eigenvalue weighted by molar-refractivity contribution is 7.99. The lowest BCUT2D eigenvalue weighted by Gasteiger charge is -2.29. The molecule has 0 bridgehead atoms. The van der Waals surface area contributed by atoms with Gasteiger partial charge < -0.3 is 9.47 Å². The number of aryl methyl sites for hydroxylation is 1.